The fraction of sp³-hybridized carbons (Fsp3) is 0.600. The molecular formula is C15H24ClN3O4S2. The van der Waals surface area contributed by atoms with Gasteiger partial charge in [0.15, 0.2) is 0 Å². The van der Waals surface area contributed by atoms with Gasteiger partial charge in [0.05, 0.1) is 9.79 Å². The molecule has 2 aliphatic rings. The summed E-state index contributed by atoms with van der Waals surface area (Å²) in [4.78, 5) is -0.0913. The number of halogens is 1. The highest BCUT2D eigenvalue weighted by Crippen LogP contribution is 2.31. The van der Waals surface area contributed by atoms with E-state index in [9.17, 15) is 16.8 Å². The summed E-state index contributed by atoms with van der Waals surface area (Å²) in [5, 5.41) is 0. The molecule has 2 saturated carbocycles. The average molecular weight is 410 g/mol. The molecule has 10 heteroatoms. The van der Waals surface area contributed by atoms with Crippen LogP contribution < -0.4 is 15.2 Å². The number of hydrogen-bond donors (Lipinski definition) is 3. The van der Waals surface area contributed by atoms with Crippen molar-refractivity contribution < 1.29 is 16.8 Å². The third-order valence-corrected chi connectivity index (χ3v) is 7.72. The van der Waals surface area contributed by atoms with E-state index in [0.29, 0.717) is 12.8 Å². The van der Waals surface area contributed by atoms with Gasteiger partial charge in [-0.1, -0.05) is 18.9 Å². The van der Waals surface area contributed by atoms with Crippen molar-refractivity contribution in [3.63, 3.8) is 0 Å². The van der Waals surface area contributed by atoms with Crippen LogP contribution in [0.15, 0.2) is 34.1 Å². The Morgan fingerprint density at radius 1 is 1.04 bits per heavy atom. The van der Waals surface area contributed by atoms with Gasteiger partial charge >= 0.3 is 0 Å². The first-order valence-corrected chi connectivity index (χ1v) is 11.1. The Kier molecular flexibility index (Phi) is 6.18. The SMILES string of the molecule is Cl.NCC1(NS(=O)(=O)c2cccc(S(=O)(=O)NC3CC3)c2)CCCC1. The van der Waals surface area contributed by atoms with Crippen LogP contribution in [0.3, 0.4) is 0 Å². The molecule has 2 fully saturated rings. The minimum atomic E-state index is -3.83. The van der Waals surface area contributed by atoms with E-state index < -0.39 is 25.6 Å². The summed E-state index contributed by atoms with van der Waals surface area (Å²) in [5.74, 6) is 0. The molecule has 0 atom stereocenters. The van der Waals surface area contributed by atoms with Gasteiger partial charge in [-0.05, 0) is 43.9 Å². The largest absolute Gasteiger partial charge is 0.329 e. The molecule has 0 radical (unpaired) electrons. The van der Waals surface area contributed by atoms with Crippen LogP contribution >= 0.6 is 12.4 Å². The van der Waals surface area contributed by atoms with E-state index >= 15 is 0 Å². The van der Waals surface area contributed by atoms with Crippen molar-refractivity contribution in [3.8, 4) is 0 Å². The summed E-state index contributed by atoms with van der Waals surface area (Å²) < 4.78 is 55.2. The maximum Gasteiger partial charge on any atom is 0.241 e. The Bertz CT molecular complexity index is 817. The smallest absolute Gasteiger partial charge is 0.241 e. The van der Waals surface area contributed by atoms with E-state index in [2.05, 4.69) is 9.44 Å². The second kappa shape index (κ2) is 7.50. The molecule has 7 nitrogen and oxygen atoms in total. The van der Waals surface area contributed by atoms with E-state index in [4.69, 9.17) is 5.73 Å². The number of rotatable bonds is 7. The first-order valence-electron chi connectivity index (χ1n) is 8.13. The second-order valence-electron chi connectivity index (χ2n) is 6.67. The van der Waals surface area contributed by atoms with E-state index in [0.717, 1.165) is 25.7 Å². The van der Waals surface area contributed by atoms with Crippen LogP contribution in [0, 0.1) is 0 Å². The van der Waals surface area contributed by atoms with Crippen molar-refractivity contribution in [2.24, 2.45) is 5.73 Å². The molecule has 0 spiro atoms. The molecule has 142 valence electrons. The highest BCUT2D eigenvalue weighted by Gasteiger charge is 2.37. The quantitative estimate of drug-likeness (QED) is 0.623. The molecule has 0 amide bonds. The third kappa shape index (κ3) is 4.72. The average Bonchev–Trinajstić information content (AvgIpc) is 3.22. The zero-order valence-electron chi connectivity index (χ0n) is 13.8. The second-order valence-corrected chi connectivity index (χ2v) is 10.1. The van der Waals surface area contributed by atoms with Crippen LogP contribution in [0.5, 0.6) is 0 Å². The first kappa shape index (κ1) is 20.6. The van der Waals surface area contributed by atoms with E-state index in [-0.39, 0.29) is 34.8 Å². The Morgan fingerprint density at radius 3 is 2.12 bits per heavy atom. The highest BCUT2D eigenvalue weighted by molar-refractivity contribution is 7.90. The van der Waals surface area contributed by atoms with Crippen LogP contribution in [-0.4, -0.2) is 35.0 Å². The Morgan fingerprint density at radius 2 is 1.60 bits per heavy atom. The summed E-state index contributed by atoms with van der Waals surface area (Å²) in [7, 11) is -7.53. The molecule has 0 bridgehead atoms. The zero-order chi connectivity index (χ0) is 17.4. The van der Waals surface area contributed by atoms with Gasteiger partial charge in [-0.2, -0.15) is 0 Å². The van der Waals surface area contributed by atoms with Gasteiger partial charge in [0.25, 0.3) is 0 Å². The molecular weight excluding hydrogens is 386 g/mol. The lowest BCUT2D eigenvalue weighted by molar-refractivity contribution is 0.399. The van der Waals surface area contributed by atoms with Gasteiger partial charge in [0.1, 0.15) is 0 Å². The predicted molar refractivity (Wildman–Crippen MR) is 97.6 cm³/mol. The van der Waals surface area contributed by atoms with Crippen molar-refractivity contribution in [3.05, 3.63) is 24.3 Å². The summed E-state index contributed by atoms with van der Waals surface area (Å²) in [5.41, 5.74) is 5.16. The van der Waals surface area contributed by atoms with Crippen LogP contribution in [0.2, 0.25) is 0 Å². The Balaban J connectivity index is 0.00000225. The van der Waals surface area contributed by atoms with E-state index in [1.165, 1.54) is 24.3 Å². The number of hydrogen-bond acceptors (Lipinski definition) is 5. The van der Waals surface area contributed by atoms with Gasteiger partial charge in [-0.15, -0.1) is 12.4 Å². The molecule has 1 aromatic rings. The van der Waals surface area contributed by atoms with Gasteiger partial charge in [0, 0.05) is 18.1 Å². The number of nitrogens with one attached hydrogen (secondary N) is 2. The molecule has 25 heavy (non-hydrogen) atoms. The third-order valence-electron chi connectivity index (χ3n) is 4.63. The van der Waals surface area contributed by atoms with E-state index in [1.54, 1.807) is 0 Å². The first-order chi connectivity index (χ1) is 11.3. The monoisotopic (exact) mass is 409 g/mol. The van der Waals surface area contributed by atoms with Crippen LogP contribution in [0.25, 0.3) is 0 Å². The zero-order valence-corrected chi connectivity index (χ0v) is 16.2. The molecule has 0 aromatic heterocycles. The number of nitrogens with two attached hydrogens (primary N) is 1. The maximum atomic E-state index is 12.7. The lowest BCUT2D eigenvalue weighted by atomic mass is 10.0. The molecule has 0 aliphatic heterocycles. The van der Waals surface area contributed by atoms with Gasteiger partial charge in [0.2, 0.25) is 20.0 Å². The van der Waals surface area contributed by atoms with Crippen LogP contribution in [0.1, 0.15) is 38.5 Å². The molecule has 1 aromatic carbocycles. The maximum absolute atomic E-state index is 12.7. The topological polar surface area (TPSA) is 118 Å². The van der Waals surface area contributed by atoms with Crippen molar-refractivity contribution >= 4 is 32.5 Å². The fourth-order valence-electron chi connectivity index (χ4n) is 3.04. The summed E-state index contributed by atoms with van der Waals surface area (Å²) >= 11 is 0. The minimum absolute atomic E-state index is 0. The summed E-state index contributed by atoms with van der Waals surface area (Å²) in [6.07, 6.45) is 4.89. The van der Waals surface area contributed by atoms with Crippen molar-refractivity contribution in [2.75, 3.05) is 6.54 Å². The molecule has 0 saturated heterocycles. The van der Waals surface area contributed by atoms with Crippen molar-refractivity contribution in [2.45, 2.75) is 59.9 Å². The molecule has 3 rings (SSSR count). The van der Waals surface area contributed by atoms with Gasteiger partial charge < -0.3 is 5.73 Å². The number of benzene rings is 1. The predicted octanol–water partition coefficient (Wildman–Crippen LogP) is 1.10. The molecule has 4 N–H and O–H groups in total. The van der Waals surface area contributed by atoms with E-state index in [1.807, 2.05) is 0 Å². The van der Waals surface area contributed by atoms with Crippen molar-refractivity contribution in [1.82, 2.24) is 9.44 Å². The summed E-state index contributed by atoms with van der Waals surface area (Å²) in [6.45, 7) is 0.230. The Hall–Kier alpha value is -0.710. The van der Waals surface area contributed by atoms with Crippen LogP contribution in [0.4, 0.5) is 0 Å². The van der Waals surface area contributed by atoms with Crippen LogP contribution in [-0.2, 0) is 20.0 Å². The number of sulfonamides is 2. The normalized spacial score (nSPS) is 20.2. The lowest BCUT2D eigenvalue weighted by Gasteiger charge is -2.28. The Labute approximate surface area is 155 Å². The fourth-order valence-corrected chi connectivity index (χ4v) is 5.98. The lowest BCUT2D eigenvalue weighted by Crippen LogP contribution is -2.51. The standard InChI is InChI=1S/C15H23N3O4S2.ClH/c16-11-15(8-1-2-9-15)18-24(21,22)14-5-3-4-13(10-14)23(19,20)17-12-6-7-12;/h3-5,10,12,17-18H,1-2,6-9,11,16H2;1H. The van der Waals surface area contributed by atoms with Gasteiger partial charge in [-0.3, -0.25) is 0 Å². The molecule has 2 aliphatic carbocycles. The van der Waals surface area contributed by atoms with Crippen molar-refractivity contribution in [1.29, 1.82) is 0 Å². The highest BCUT2D eigenvalue weighted by atomic mass is 35.5. The van der Waals surface area contributed by atoms with Gasteiger partial charge in [-0.25, -0.2) is 26.3 Å². The molecule has 0 heterocycles. The molecule has 0 unspecified atom stereocenters. The minimum Gasteiger partial charge on any atom is -0.329 e. The summed E-state index contributed by atoms with van der Waals surface area (Å²) in [6, 6.07) is 5.41.